The summed E-state index contributed by atoms with van der Waals surface area (Å²) in [6.45, 7) is 0.888. The molecule has 2 heterocycles. The maximum absolute atomic E-state index is 10.1. The Hall–Kier alpha value is -1.58. The van der Waals surface area contributed by atoms with Gasteiger partial charge in [0.15, 0.2) is 0 Å². The van der Waals surface area contributed by atoms with Gasteiger partial charge in [-0.2, -0.15) is 0 Å². The highest BCUT2D eigenvalue weighted by Crippen LogP contribution is 1.96. The van der Waals surface area contributed by atoms with Crippen molar-refractivity contribution >= 4 is 5.91 Å². The van der Waals surface area contributed by atoms with Gasteiger partial charge in [0.05, 0.1) is 0 Å². The molecule has 0 spiro atoms. The van der Waals surface area contributed by atoms with Gasteiger partial charge in [0, 0.05) is 25.2 Å². The number of nitrogens with zero attached hydrogens (tertiary/aromatic N) is 1. The van der Waals surface area contributed by atoms with E-state index in [2.05, 4.69) is 10.3 Å². The zero-order valence-electron chi connectivity index (χ0n) is 7.23. The summed E-state index contributed by atoms with van der Waals surface area (Å²) in [6.07, 6.45) is 3.30. The first kappa shape index (κ1) is 9.51. The molecule has 1 aliphatic heterocycles. The summed E-state index contributed by atoms with van der Waals surface area (Å²) in [5.74, 6) is 0.275. The van der Waals surface area contributed by atoms with Gasteiger partial charge < -0.3 is 10.4 Å². The average molecular weight is 180 g/mol. The predicted octanol–water partition coefficient (Wildman–Crippen LogP) is 0.684. The van der Waals surface area contributed by atoms with Gasteiger partial charge in [-0.05, 0) is 12.5 Å². The number of hydrogen-bond donors (Lipinski definition) is 2. The lowest BCUT2D eigenvalue weighted by molar-refractivity contribution is -0.119. The summed E-state index contributed by atoms with van der Waals surface area (Å²) in [4.78, 5) is 13.7. The smallest absolute Gasteiger partial charge is 0.220 e. The SMILES string of the molecule is O=C1CCCN1.Oc1ccccn1. The van der Waals surface area contributed by atoms with Crippen molar-refractivity contribution in [3.8, 4) is 5.88 Å². The minimum absolute atomic E-state index is 0.0718. The third-order valence-corrected chi connectivity index (χ3v) is 1.55. The molecule has 2 N–H and O–H groups in total. The molecule has 0 saturated carbocycles. The normalized spacial score (nSPS) is 14.3. The average Bonchev–Trinajstić information content (AvgIpc) is 2.58. The van der Waals surface area contributed by atoms with Crippen LogP contribution in [0.25, 0.3) is 0 Å². The molecule has 2 rings (SSSR count). The summed E-state index contributed by atoms with van der Waals surface area (Å²) in [7, 11) is 0. The van der Waals surface area contributed by atoms with Crippen LogP contribution in [0.3, 0.4) is 0 Å². The topological polar surface area (TPSA) is 62.2 Å². The molecule has 0 aromatic carbocycles. The molecule has 1 fully saturated rings. The first-order valence-electron chi connectivity index (χ1n) is 4.16. The number of aromatic hydroxyl groups is 1. The lowest BCUT2D eigenvalue weighted by Gasteiger charge is -1.81. The van der Waals surface area contributed by atoms with E-state index in [-0.39, 0.29) is 11.8 Å². The second-order valence-corrected chi connectivity index (χ2v) is 2.64. The number of aromatic nitrogens is 1. The quantitative estimate of drug-likeness (QED) is 0.617. The van der Waals surface area contributed by atoms with Crippen LogP contribution in [-0.4, -0.2) is 22.5 Å². The molecule has 0 atom stereocenters. The van der Waals surface area contributed by atoms with Crippen LogP contribution in [0.15, 0.2) is 24.4 Å². The van der Waals surface area contributed by atoms with E-state index in [4.69, 9.17) is 5.11 Å². The van der Waals surface area contributed by atoms with E-state index in [1.807, 2.05) is 0 Å². The number of carbonyl (C=O) groups excluding carboxylic acids is 1. The van der Waals surface area contributed by atoms with Crippen molar-refractivity contribution in [3.63, 3.8) is 0 Å². The van der Waals surface area contributed by atoms with Gasteiger partial charge in [-0.3, -0.25) is 4.79 Å². The van der Waals surface area contributed by atoms with Crippen molar-refractivity contribution in [2.24, 2.45) is 0 Å². The van der Waals surface area contributed by atoms with Crippen LogP contribution in [0.4, 0.5) is 0 Å². The minimum atomic E-state index is 0.0718. The van der Waals surface area contributed by atoms with Crippen LogP contribution >= 0.6 is 0 Å². The largest absolute Gasteiger partial charge is 0.493 e. The molecule has 1 amide bonds. The highest BCUT2D eigenvalue weighted by Gasteiger charge is 2.05. The van der Waals surface area contributed by atoms with Crippen LogP contribution in [0.2, 0.25) is 0 Å². The summed E-state index contributed by atoms with van der Waals surface area (Å²) in [6, 6.07) is 5.00. The van der Waals surface area contributed by atoms with Gasteiger partial charge in [-0.15, -0.1) is 0 Å². The van der Waals surface area contributed by atoms with Crippen LogP contribution < -0.4 is 5.32 Å². The van der Waals surface area contributed by atoms with E-state index >= 15 is 0 Å². The summed E-state index contributed by atoms with van der Waals surface area (Å²) < 4.78 is 0. The molecule has 4 nitrogen and oxygen atoms in total. The van der Waals surface area contributed by atoms with Crippen molar-refractivity contribution in [1.82, 2.24) is 10.3 Å². The Balaban J connectivity index is 0.000000132. The third-order valence-electron chi connectivity index (χ3n) is 1.55. The first-order chi connectivity index (χ1) is 6.29. The van der Waals surface area contributed by atoms with Gasteiger partial charge >= 0.3 is 0 Å². The van der Waals surface area contributed by atoms with Gasteiger partial charge in [0.1, 0.15) is 0 Å². The van der Waals surface area contributed by atoms with E-state index in [0.717, 1.165) is 19.4 Å². The zero-order valence-corrected chi connectivity index (χ0v) is 7.23. The molecule has 1 saturated heterocycles. The van der Waals surface area contributed by atoms with E-state index in [9.17, 15) is 4.79 Å². The van der Waals surface area contributed by atoms with Crippen molar-refractivity contribution in [3.05, 3.63) is 24.4 Å². The second-order valence-electron chi connectivity index (χ2n) is 2.64. The molecule has 0 bridgehead atoms. The Kier molecular flexibility index (Phi) is 3.75. The van der Waals surface area contributed by atoms with Crippen LogP contribution in [0, 0.1) is 0 Å². The van der Waals surface area contributed by atoms with Crippen molar-refractivity contribution in [1.29, 1.82) is 0 Å². The highest BCUT2D eigenvalue weighted by atomic mass is 16.3. The fourth-order valence-corrected chi connectivity index (χ4v) is 0.919. The summed E-state index contributed by atoms with van der Waals surface area (Å²) >= 11 is 0. The number of amides is 1. The van der Waals surface area contributed by atoms with Gasteiger partial charge in [0.25, 0.3) is 0 Å². The fourth-order valence-electron chi connectivity index (χ4n) is 0.919. The van der Waals surface area contributed by atoms with Crippen LogP contribution in [0.5, 0.6) is 5.88 Å². The monoisotopic (exact) mass is 180 g/mol. The number of rotatable bonds is 0. The van der Waals surface area contributed by atoms with E-state index in [0.29, 0.717) is 0 Å². The van der Waals surface area contributed by atoms with E-state index < -0.39 is 0 Å². The van der Waals surface area contributed by atoms with Crippen LogP contribution in [-0.2, 0) is 4.79 Å². The Bertz CT molecular complexity index is 254. The Morgan fingerprint density at radius 3 is 2.54 bits per heavy atom. The predicted molar refractivity (Wildman–Crippen MR) is 48.1 cm³/mol. The molecule has 0 aliphatic carbocycles. The Morgan fingerprint density at radius 2 is 2.31 bits per heavy atom. The lowest BCUT2D eigenvalue weighted by atomic mass is 10.4. The number of nitrogens with one attached hydrogen (secondary N) is 1. The third kappa shape index (κ3) is 4.10. The molecule has 70 valence electrons. The highest BCUT2D eigenvalue weighted by molar-refractivity contribution is 5.77. The summed E-state index contributed by atoms with van der Waals surface area (Å²) in [5, 5.41) is 11.2. The Morgan fingerprint density at radius 1 is 1.46 bits per heavy atom. The zero-order chi connectivity index (χ0) is 9.52. The maximum Gasteiger partial charge on any atom is 0.220 e. The minimum Gasteiger partial charge on any atom is -0.493 e. The molecule has 0 unspecified atom stereocenters. The molecular formula is C9H12N2O2. The molecule has 1 aliphatic rings. The fraction of sp³-hybridized carbons (Fsp3) is 0.333. The number of pyridine rings is 1. The number of hydrogen-bond acceptors (Lipinski definition) is 3. The van der Waals surface area contributed by atoms with Gasteiger partial charge in [0.2, 0.25) is 11.8 Å². The van der Waals surface area contributed by atoms with Gasteiger partial charge in [-0.25, -0.2) is 4.98 Å². The molecular weight excluding hydrogens is 168 g/mol. The second kappa shape index (κ2) is 5.13. The first-order valence-corrected chi connectivity index (χ1v) is 4.16. The molecule has 1 aromatic heterocycles. The molecule has 13 heavy (non-hydrogen) atoms. The van der Waals surface area contributed by atoms with Crippen molar-refractivity contribution in [2.75, 3.05) is 6.54 Å². The van der Waals surface area contributed by atoms with Crippen LogP contribution in [0.1, 0.15) is 12.8 Å². The Labute approximate surface area is 76.6 Å². The van der Waals surface area contributed by atoms with E-state index in [1.54, 1.807) is 12.1 Å². The van der Waals surface area contributed by atoms with Crippen molar-refractivity contribution < 1.29 is 9.90 Å². The van der Waals surface area contributed by atoms with Crippen molar-refractivity contribution in [2.45, 2.75) is 12.8 Å². The lowest BCUT2D eigenvalue weighted by Crippen LogP contribution is -2.12. The van der Waals surface area contributed by atoms with E-state index in [1.165, 1.54) is 12.3 Å². The molecule has 4 heteroatoms. The standard InChI is InChI=1S/C5H5NO.C4H7NO/c7-5-3-1-2-4-6-5;6-4-2-1-3-5-4/h1-4H,(H,6,7);1-3H2,(H,5,6). The summed E-state index contributed by atoms with van der Waals surface area (Å²) in [5.41, 5.74) is 0. The number of carbonyl (C=O) groups is 1. The molecule has 0 radical (unpaired) electrons. The molecule has 1 aromatic rings. The maximum atomic E-state index is 10.1. The van der Waals surface area contributed by atoms with Gasteiger partial charge in [-0.1, -0.05) is 6.07 Å².